The van der Waals surface area contributed by atoms with Crippen LogP contribution in [0.3, 0.4) is 0 Å². The van der Waals surface area contributed by atoms with E-state index in [0.29, 0.717) is 0 Å². The minimum Gasteiger partial charge on any atom is -0.497 e. The Hall–Kier alpha value is -1.76. The van der Waals surface area contributed by atoms with Crippen LogP contribution in [0.4, 0.5) is 13.2 Å². The van der Waals surface area contributed by atoms with Gasteiger partial charge in [-0.2, -0.15) is 13.2 Å². The average Bonchev–Trinajstić information content (AvgIpc) is 2.32. The zero-order valence-electron chi connectivity index (χ0n) is 10.7. The third kappa shape index (κ3) is 2.22. The second kappa shape index (κ2) is 4.66. The SMILES string of the molecule is COc1ccc(C2(C(=O)O)CC(N)C2)c(C(F)(F)F)c1. The van der Waals surface area contributed by atoms with Crippen LogP contribution in [-0.4, -0.2) is 24.2 Å². The molecule has 0 saturated heterocycles. The highest BCUT2D eigenvalue weighted by atomic mass is 19.4. The third-order valence-electron chi connectivity index (χ3n) is 3.68. The maximum absolute atomic E-state index is 13.1. The summed E-state index contributed by atoms with van der Waals surface area (Å²) in [5.41, 5.74) is 2.79. The van der Waals surface area contributed by atoms with E-state index in [2.05, 4.69) is 0 Å². The van der Waals surface area contributed by atoms with E-state index in [1.807, 2.05) is 0 Å². The molecule has 3 N–H and O–H groups in total. The van der Waals surface area contributed by atoms with Gasteiger partial charge in [0, 0.05) is 6.04 Å². The molecule has 1 aromatic carbocycles. The highest BCUT2D eigenvalue weighted by Crippen LogP contribution is 2.48. The number of carbonyl (C=O) groups is 1. The molecule has 0 aliphatic heterocycles. The van der Waals surface area contributed by atoms with Crippen molar-refractivity contribution < 1.29 is 27.8 Å². The highest BCUT2D eigenvalue weighted by molar-refractivity contribution is 5.84. The molecule has 0 bridgehead atoms. The van der Waals surface area contributed by atoms with Crippen molar-refractivity contribution in [1.29, 1.82) is 0 Å². The molecule has 0 unspecified atom stereocenters. The normalized spacial score (nSPS) is 25.9. The van der Waals surface area contributed by atoms with Crippen LogP contribution in [0.1, 0.15) is 24.0 Å². The predicted molar refractivity (Wildman–Crippen MR) is 64.5 cm³/mol. The van der Waals surface area contributed by atoms with Crippen molar-refractivity contribution in [3.05, 3.63) is 29.3 Å². The van der Waals surface area contributed by atoms with Gasteiger partial charge >= 0.3 is 12.1 Å². The fraction of sp³-hybridized carbons (Fsp3) is 0.462. The lowest BCUT2D eigenvalue weighted by atomic mass is 9.61. The first kappa shape index (κ1) is 14.6. The molecule has 1 saturated carbocycles. The number of rotatable bonds is 3. The summed E-state index contributed by atoms with van der Waals surface area (Å²) in [4.78, 5) is 11.4. The molecule has 2 rings (SSSR count). The molecule has 1 fully saturated rings. The van der Waals surface area contributed by atoms with Crippen molar-refractivity contribution in [1.82, 2.24) is 0 Å². The zero-order chi connectivity index (χ0) is 15.1. The van der Waals surface area contributed by atoms with E-state index in [-0.39, 0.29) is 24.2 Å². The summed E-state index contributed by atoms with van der Waals surface area (Å²) < 4.78 is 44.2. The van der Waals surface area contributed by atoms with E-state index in [1.165, 1.54) is 19.2 Å². The van der Waals surface area contributed by atoms with E-state index >= 15 is 0 Å². The molecular weight excluding hydrogens is 275 g/mol. The van der Waals surface area contributed by atoms with Crippen molar-refractivity contribution in [2.24, 2.45) is 5.73 Å². The molecule has 0 amide bonds. The Balaban J connectivity index is 2.59. The van der Waals surface area contributed by atoms with Gasteiger partial charge in [-0.15, -0.1) is 0 Å². The van der Waals surface area contributed by atoms with Crippen molar-refractivity contribution in [2.45, 2.75) is 30.5 Å². The van der Waals surface area contributed by atoms with Gasteiger partial charge in [-0.1, -0.05) is 6.07 Å². The number of ether oxygens (including phenoxy) is 1. The van der Waals surface area contributed by atoms with E-state index in [1.54, 1.807) is 0 Å². The molecule has 7 heteroatoms. The second-order valence-electron chi connectivity index (χ2n) is 4.96. The number of carboxylic acids is 1. The van der Waals surface area contributed by atoms with Crippen LogP contribution in [-0.2, 0) is 16.4 Å². The van der Waals surface area contributed by atoms with Crippen LogP contribution in [0.25, 0.3) is 0 Å². The first-order valence-electron chi connectivity index (χ1n) is 5.95. The monoisotopic (exact) mass is 289 g/mol. The Labute approximate surface area is 113 Å². The number of alkyl halides is 3. The first-order valence-corrected chi connectivity index (χ1v) is 5.95. The van der Waals surface area contributed by atoms with Crippen molar-refractivity contribution in [2.75, 3.05) is 7.11 Å². The zero-order valence-corrected chi connectivity index (χ0v) is 10.7. The number of hydrogen-bond donors (Lipinski definition) is 2. The Morgan fingerprint density at radius 2 is 2.05 bits per heavy atom. The molecule has 1 aliphatic carbocycles. The first-order chi connectivity index (χ1) is 9.20. The van der Waals surface area contributed by atoms with Gasteiger partial charge in [0.1, 0.15) is 5.75 Å². The molecule has 0 atom stereocenters. The summed E-state index contributed by atoms with van der Waals surface area (Å²) in [5, 5.41) is 9.32. The van der Waals surface area contributed by atoms with Gasteiger partial charge < -0.3 is 15.6 Å². The van der Waals surface area contributed by atoms with Gasteiger partial charge in [0.2, 0.25) is 0 Å². The van der Waals surface area contributed by atoms with Crippen LogP contribution in [0.2, 0.25) is 0 Å². The maximum Gasteiger partial charge on any atom is 0.416 e. The number of carboxylic acid groups (broad SMARTS) is 1. The lowest BCUT2D eigenvalue weighted by Crippen LogP contribution is -2.54. The average molecular weight is 289 g/mol. The molecule has 4 nitrogen and oxygen atoms in total. The summed E-state index contributed by atoms with van der Waals surface area (Å²) in [5.74, 6) is -1.25. The minimum absolute atomic E-state index is 0.00224. The molecule has 0 aromatic heterocycles. The van der Waals surface area contributed by atoms with Crippen molar-refractivity contribution >= 4 is 5.97 Å². The number of benzene rings is 1. The van der Waals surface area contributed by atoms with Gasteiger partial charge in [-0.25, -0.2) is 0 Å². The Morgan fingerprint density at radius 3 is 2.45 bits per heavy atom. The fourth-order valence-electron chi connectivity index (χ4n) is 2.65. The number of methoxy groups -OCH3 is 1. The summed E-state index contributed by atoms with van der Waals surface area (Å²) in [6.45, 7) is 0. The van der Waals surface area contributed by atoms with Crippen LogP contribution < -0.4 is 10.5 Å². The second-order valence-corrected chi connectivity index (χ2v) is 4.96. The molecule has 110 valence electrons. The van der Waals surface area contributed by atoms with Crippen LogP contribution in [0.15, 0.2) is 18.2 Å². The Bertz CT molecular complexity index is 536. The lowest BCUT2D eigenvalue weighted by molar-refractivity contribution is -0.150. The van der Waals surface area contributed by atoms with Crippen LogP contribution >= 0.6 is 0 Å². The van der Waals surface area contributed by atoms with E-state index in [0.717, 1.165) is 6.07 Å². The van der Waals surface area contributed by atoms with Gasteiger partial charge in [0.25, 0.3) is 0 Å². The van der Waals surface area contributed by atoms with Crippen molar-refractivity contribution in [3.8, 4) is 5.75 Å². The Kier molecular flexibility index (Phi) is 3.41. The molecule has 1 aliphatic rings. The number of halogens is 3. The molecule has 0 heterocycles. The summed E-state index contributed by atoms with van der Waals surface area (Å²) in [7, 11) is 1.25. The number of hydrogen-bond acceptors (Lipinski definition) is 3. The summed E-state index contributed by atoms with van der Waals surface area (Å²) >= 11 is 0. The van der Waals surface area contributed by atoms with Crippen LogP contribution in [0, 0.1) is 0 Å². The highest BCUT2D eigenvalue weighted by Gasteiger charge is 2.54. The van der Waals surface area contributed by atoms with Gasteiger partial charge in [0.05, 0.1) is 18.1 Å². The third-order valence-corrected chi connectivity index (χ3v) is 3.68. The molecule has 0 radical (unpaired) electrons. The maximum atomic E-state index is 13.1. The lowest BCUT2D eigenvalue weighted by Gasteiger charge is -2.44. The predicted octanol–water partition coefficient (Wildman–Crippen LogP) is 2.16. The standard InChI is InChI=1S/C13H14F3NO3/c1-20-8-2-3-9(10(4-8)13(14,15)16)12(11(18)19)5-7(17)6-12/h2-4,7H,5-6,17H2,1H3,(H,18,19). The smallest absolute Gasteiger partial charge is 0.416 e. The summed E-state index contributed by atoms with van der Waals surface area (Å²) in [6.07, 6.45) is -4.65. The minimum atomic E-state index is -4.65. The van der Waals surface area contributed by atoms with Crippen LogP contribution in [0.5, 0.6) is 5.75 Å². The van der Waals surface area contributed by atoms with Gasteiger partial charge in [0.15, 0.2) is 0 Å². The largest absolute Gasteiger partial charge is 0.497 e. The van der Waals surface area contributed by atoms with Gasteiger partial charge in [-0.05, 0) is 30.5 Å². The van der Waals surface area contributed by atoms with E-state index < -0.39 is 29.2 Å². The fourth-order valence-corrected chi connectivity index (χ4v) is 2.65. The van der Waals surface area contributed by atoms with Crippen molar-refractivity contribution in [3.63, 3.8) is 0 Å². The molecule has 20 heavy (non-hydrogen) atoms. The Morgan fingerprint density at radius 1 is 1.45 bits per heavy atom. The van der Waals surface area contributed by atoms with E-state index in [9.17, 15) is 23.1 Å². The number of nitrogens with two attached hydrogens (primary N) is 1. The number of aliphatic carboxylic acids is 1. The van der Waals surface area contributed by atoms with Gasteiger partial charge in [-0.3, -0.25) is 4.79 Å². The summed E-state index contributed by atoms with van der Waals surface area (Å²) in [6, 6.07) is 2.93. The van der Waals surface area contributed by atoms with E-state index in [4.69, 9.17) is 10.5 Å². The topological polar surface area (TPSA) is 72.5 Å². The molecule has 0 spiro atoms. The molecule has 1 aromatic rings. The molecular formula is C13H14F3NO3. The quantitative estimate of drug-likeness (QED) is 0.894.